The van der Waals surface area contributed by atoms with Gasteiger partial charge in [0.05, 0.1) is 12.3 Å². The quantitative estimate of drug-likeness (QED) is 0.818. The van der Waals surface area contributed by atoms with Crippen LogP contribution < -0.4 is 0 Å². The molecule has 2 saturated heterocycles. The second kappa shape index (κ2) is 7.54. The fourth-order valence-electron chi connectivity index (χ4n) is 4.22. The van der Waals surface area contributed by atoms with Crippen molar-refractivity contribution < 1.29 is 9.53 Å². The predicted molar refractivity (Wildman–Crippen MR) is 97.7 cm³/mol. The molecular weight excluding hydrogens is 340 g/mol. The summed E-state index contributed by atoms with van der Waals surface area (Å²) in [5, 5.41) is 5.14. The van der Waals surface area contributed by atoms with Crippen molar-refractivity contribution in [1.82, 2.24) is 19.6 Å². The maximum absolute atomic E-state index is 12.2. The smallest absolute Gasteiger partial charge is 0.409 e. The number of halogens is 1. The summed E-state index contributed by atoms with van der Waals surface area (Å²) in [7, 11) is 1.88. The van der Waals surface area contributed by atoms with Crippen molar-refractivity contribution in [2.45, 2.75) is 46.1 Å². The number of nitrogens with zero attached hydrogens (tertiary/aromatic N) is 4. The Bertz CT molecular complexity index is 633. The van der Waals surface area contributed by atoms with Crippen LogP contribution in [0.5, 0.6) is 0 Å². The summed E-state index contributed by atoms with van der Waals surface area (Å²) < 4.78 is 7.08. The Labute approximate surface area is 155 Å². The molecule has 0 aromatic carbocycles. The Kier molecular flexibility index (Phi) is 5.58. The number of hydrogen-bond acceptors (Lipinski definition) is 4. The molecule has 0 unspecified atom stereocenters. The van der Waals surface area contributed by atoms with Gasteiger partial charge in [0.15, 0.2) is 0 Å². The lowest BCUT2D eigenvalue weighted by molar-refractivity contribution is 0.0574. The number of ether oxygens (including phenoxy) is 1. The molecule has 0 saturated carbocycles. The molecule has 1 aromatic rings. The lowest BCUT2D eigenvalue weighted by Crippen LogP contribution is -2.47. The molecule has 140 valence electrons. The Balaban J connectivity index is 1.62. The summed E-state index contributed by atoms with van der Waals surface area (Å²) in [5.41, 5.74) is 2.32. The molecule has 3 rings (SSSR count). The zero-order chi connectivity index (χ0) is 18.0. The molecule has 25 heavy (non-hydrogen) atoms. The van der Waals surface area contributed by atoms with Crippen LogP contribution in [0, 0.1) is 12.3 Å². The van der Waals surface area contributed by atoms with Crippen LogP contribution in [0.1, 0.15) is 43.9 Å². The number of aryl methyl sites for hydroxylation is 2. The third kappa shape index (κ3) is 3.95. The third-order valence-corrected chi connectivity index (χ3v) is 5.99. The van der Waals surface area contributed by atoms with Gasteiger partial charge < -0.3 is 9.64 Å². The molecule has 2 fully saturated rings. The molecule has 0 aliphatic carbocycles. The number of carbonyl (C=O) groups is 1. The second-order valence-electron chi connectivity index (χ2n) is 7.58. The molecule has 2 aliphatic heterocycles. The van der Waals surface area contributed by atoms with Crippen molar-refractivity contribution in [3.63, 3.8) is 0 Å². The van der Waals surface area contributed by atoms with E-state index in [4.69, 9.17) is 16.3 Å². The Hall–Kier alpha value is -1.27. The zero-order valence-electron chi connectivity index (χ0n) is 15.6. The van der Waals surface area contributed by atoms with Gasteiger partial charge in [0.1, 0.15) is 5.15 Å². The van der Waals surface area contributed by atoms with E-state index in [0.717, 1.165) is 68.4 Å². The van der Waals surface area contributed by atoms with Crippen molar-refractivity contribution in [3.05, 3.63) is 16.4 Å². The van der Waals surface area contributed by atoms with Gasteiger partial charge in [0.2, 0.25) is 0 Å². The Morgan fingerprint density at radius 2 is 2.12 bits per heavy atom. The lowest BCUT2D eigenvalue weighted by Gasteiger charge is -2.39. The molecule has 2 aliphatic rings. The van der Waals surface area contributed by atoms with Crippen LogP contribution in [0.2, 0.25) is 5.15 Å². The summed E-state index contributed by atoms with van der Waals surface area (Å²) >= 11 is 6.39. The molecule has 1 aromatic heterocycles. The van der Waals surface area contributed by atoms with Gasteiger partial charge in [-0.2, -0.15) is 5.10 Å². The summed E-state index contributed by atoms with van der Waals surface area (Å²) in [6, 6.07) is 0. The van der Waals surface area contributed by atoms with E-state index < -0.39 is 0 Å². The van der Waals surface area contributed by atoms with E-state index in [9.17, 15) is 4.79 Å². The molecule has 3 heterocycles. The highest BCUT2D eigenvalue weighted by Crippen LogP contribution is 2.40. The lowest BCUT2D eigenvalue weighted by atomic mass is 9.79. The number of aromatic nitrogens is 2. The number of hydrogen-bond donors (Lipinski definition) is 0. The fourth-order valence-corrected chi connectivity index (χ4v) is 4.45. The minimum Gasteiger partial charge on any atom is -0.449 e. The van der Waals surface area contributed by atoms with Gasteiger partial charge >= 0.3 is 6.09 Å². The summed E-state index contributed by atoms with van der Waals surface area (Å²) in [5.74, 6) is 0. The van der Waals surface area contributed by atoms with Crippen molar-refractivity contribution in [3.8, 4) is 0 Å². The molecule has 0 N–H and O–H groups in total. The van der Waals surface area contributed by atoms with E-state index in [0.29, 0.717) is 6.61 Å². The minimum atomic E-state index is -0.148. The zero-order valence-corrected chi connectivity index (χ0v) is 16.3. The highest BCUT2D eigenvalue weighted by molar-refractivity contribution is 6.30. The summed E-state index contributed by atoms with van der Waals surface area (Å²) in [4.78, 5) is 16.6. The normalized spacial score (nSPS) is 24.2. The fraction of sp³-hybridized carbons (Fsp3) is 0.778. The van der Waals surface area contributed by atoms with Gasteiger partial charge in [0, 0.05) is 44.2 Å². The largest absolute Gasteiger partial charge is 0.449 e. The van der Waals surface area contributed by atoms with Crippen LogP contribution in [0.25, 0.3) is 0 Å². The molecular formula is C18H29ClN4O2. The first-order chi connectivity index (χ1) is 11.9. The molecule has 1 amide bonds. The van der Waals surface area contributed by atoms with Gasteiger partial charge in [-0.1, -0.05) is 18.5 Å². The number of carbonyl (C=O) groups excluding carboxylic acids is 1. The van der Waals surface area contributed by atoms with Crippen LogP contribution in [0.3, 0.4) is 0 Å². The molecule has 7 heteroatoms. The van der Waals surface area contributed by atoms with Crippen molar-refractivity contribution in [2.24, 2.45) is 12.5 Å². The molecule has 0 bridgehead atoms. The average Bonchev–Trinajstić information content (AvgIpc) is 3.08. The monoisotopic (exact) mass is 368 g/mol. The maximum atomic E-state index is 12.2. The van der Waals surface area contributed by atoms with Gasteiger partial charge in [-0.3, -0.25) is 9.58 Å². The SMILES string of the molecule is CCCOC(=O)N1CCC[C@@]2(CCN(Cc3c(C)nn(C)c3Cl)C2)C1. The third-order valence-electron chi connectivity index (χ3n) is 5.52. The first kappa shape index (κ1) is 18.5. The number of likely N-dealkylation sites (tertiary alicyclic amines) is 2. The topological polar surface area (TPSA) is 50.6 Å². The van der Waals surface area contributed by atoms with E-state index in [-0.39, 0.29) is 11.5 Å². The number of amides is 1. The van der Waals surface area contributed by atoms with Crippen molar-refractivity contribution >= 4 is 17.7 Å². The van der Waals surface area contributed by atoms with E-state index in [1.807, 2.05) is 25.8 Å². The summed E-state index contributed by atoms with van der Waals surface area (Å²) in [6.07, 6.45) is 4.08. The van der Waals surface area contributed by atoms with E-state index in [1.54, 1.807) is 4.68 Å². The van der Waals surface area contributed by atoms with Crippen LogP contribution in [-0.4, -0.2) is 58.5 Å². The van der Waals surface area contributed by atoms with E-state index in [1.165, 1.54) is 6.42 Å². The number of rotatable bonds is 4. The average molecular weight is 369 g/mol. The highest BCUT2D eigenvalue weighted by atomic mass is 35.5. The van der Waals surface area contributed by atoms with Crippen LogP contribution in [-0.2, 0) is 18.3 Å². The van der Waals surface area contributed by atoms with Crippen LogP contribution in [0.15, 0.2) is 0 Å². The molecule has 0 radical (unpaired) electrons. The molecule has 1 atom stereocenters. The Morgan fingerprint density at radius 3 is 2.80 bits per heavy atom. The Morgan fingerprint density at radius 1 is 1.32 bits per heavy atom. The van der Waals surface area contributed by atoms with Gasteiger partial charge in [0.25, 0.3) is 0 Å². The molecule has 1 spiro atoms. The maximum Gasteiger partial charge on any atom is 0.409 e. The van der Waals surface area contributed by atoms with E-state index in [2.05, 4.69) is 10.00 Å². The van der Waals surface area contributed by atoms with Crippen LogP contribution in [0.4, 0.5) is 4.79 Å². The van der Waals surface area contributed by atoms with Gasteiger partial charge in [-0.15, -0.1) is 0 Å². The first-order valence-electron chi connectivity index (χ1n) is 9.26. The summed E-state index contributed by atoms with van der Waals surface area (Å²) in [6.45, 7) is 9.06. The minimum absolute atomic E-state index is 0.148. The first-order valence-corrected chi connectivity index (χ1v) is 9.64. The highest BCUT2D eigenvalue weighted by Gasteiger charge is 2.43. The van der Waals surface area contributed by atoms with Gasteiger partial charge in [-0.25, -0.2) is 4.79 Å². The second-order valence-corrected chi connectivity index (χ2v) is 7.94. The van der Waals surface area contributed by atoms with Gasteiger partial charge in [-0.05, 0) is 39.2 Å². The van der Waals surface area contributed by atoms with E-state index >= 15 is 0 Å². The number of piperidine rings is 1. The predicted octanol–water partition coefficient (Wildman–Crippen LogP) is 3.22. The van der Waals surface area contributed by atoms with Crippen LogP contribution >= 0.6 is 11.6 Å². The van der Waals surface area contributed by atoms with Crippen molar-refractivity contribution in [2.75, 3.05) is 32.8 Å². The van der Waals surface area contributed by atoms with Crippen molar-refractivity contribution in [1.29, 1.82) is 0 Å². The standard InChI is InChI=1S/C18H29ClN4O2/c1-4-10-25-17(24)23-8-5-6-18(13-23)7-9-22(12-18)11-15-14(2)20-21(3)16(15)19/h4-13H2,1-3H3/t18-/m0/s1. The molecule has 6 nitrogen and oxygen atoms in total.